The number of benzene rings is 1. The zero-order chi connectivity index (χ0) is 16.7. The average molecular weight is 334 g/mol. The lowest BCUT2D eigenvalue weighted by atomic mass is 10.2. The number of hydrogen-bond acceptors (Lipinski definition) is 4. The van der Waals surface area contributed by atoms with Crippen LogP contribution in [0.1, 0.15) is 23.2 Å². The van der Waals surface area contributed by atoms with Gasteiger partial charge in [-0.1, -0.05) is 37.3 Å². The molecule has 5 heteroatoms. The number of hydrogen-bond donors (Lipinski definition) is 0. The van der Waals surface area contributed by atoms with Gasteiger partial charge >= 0.3 is 0 Å². The minimum absolute atomic E-state index is 0.746. The van der Waals surface area contributed by atoms with E-state index in [0.717, 1.165) is 45.2 Å². The average Bonchev–Trinajstić information content (AvgIpc) is 3.17. The number of fused-ring (bicyclic) bond motifs is 1. The third-order valence-corrected chi connectivity index (χ3v) is 5.19. The molecule has 0 aliphatic rings. The summed E-state index contributed by atoms with van der Waals surface area (Å²) < 4.78 is 1.93. The molecule has 0 atom stereocenters. The summed E-state index contributed by atoms with van der Waals surface area (Å²) in [5.41, 5.74) is 3.09. The van der Waals surface area contributed by atoms with Crippen LogP contribution in [0.4, 0.5) is 0 Å². The van der Waals surface area contributed by atoms with E-state index in [1.807, 2.05) is 41.9 Å². The largest absolute Gasteiger partial charge is 0.219 e. The van der Waals surface area contributed by atoms with Crippen molar-refractivity contribution in [3.8, 4) is 17.2 Å². The maximum Gasteiger partial charge on any atom is 0.166 e. The fourth-order valence-electron chi connectivity index (χ4n) is 2.85. The lowest BCUT2D eigenvalue weighted by Gasteiger charge is -2.08. The van der Waals surface area contributed by atoms with Crippen molar-refractivity contribution in [2.45, 2.75) is 27.2 Å². The fourth-order valence-corrected chi connectivity index (χ4v) is 3.81. The predicted molar refractivity (Wildman–Crippen MR) is 98.8 cm³/mol. The first-order valence-corrected chi connectivity index (χ1v) is 8.87. The van der Waals surface area contributed by atoms with Gasteiger partial charge in [0.1, 0.15) is 4.83 Å². The molecule has 4 nitrogen and oxygen atoms in total. The van der Waals surface area contributed by atoms with Crippen LogP contribution in [0, 0.1) is 13.8 Å². The van der Waals surface area contributed by atoms with Gasteiger partial charge in [0.15, 0.2) is 11.6 Å². The summed E-state index contributed by atoms with van der Waals surface area (Å²) in [6.45, 7) is 6.23. The first kappa shape index (κ1) is 15.0. The molecule has 0 unspecified atom stereocenters. The topological polar surface area (TPSA) is 43.6 Å². The highest BCUT2D eigenvalue weighted by Gasteiger charge is 2.16. The second-order valence-electron chi connectivity index (χ2n) is 5.86. The number of aryl methyl sites for hydroxylation is 3. The smallest absolute Gasteiger partial charge is 0.166 e. The Hall–Kier alpha value is -2.53. The van der Waals surface area contributed by atoms with Gasteiger partial charge in [-0.2, -0.15) is 5.10 Å². The summed E-state index contributed by atoms with van der Waals surface area (Å²) in [6, 6.07) is 14.4. The Labute approximate surface area is 144 Å². The van der Waals surface area contributed by atoms with Gasteiger partial charge in [0, 0.05) is 16.1 Å². The van der Waals surface area contributed by atoms with Crippen LogP contribution in [0.15, 0.2) is 42.5 Å². The van der Waals surface area contributed by atoms with Crippen LogP contribution in [0.2, 0.25) is 0 Å². The number of nitrogens with zero attached hydrogens (tertiary/aromatic N) is 4. The molecule has 0 amide bonds. The second kappa shape index (κ2) is 5.83. The number of rotatable bonds is 3. The third-order valence-electron chi connectivity index (χ3n) is 4.01. The zero-order valence-electron chi connectivity index (χ0n) is 13.9. The SMILES string of the molecule is CCc1cc2c(-n3nc(C)cc3C)nc(-c3ccccc3)nc2s1. The van der Waals surface area contributed by atoms with E-state index in [9.17, 15) is 0 Å². The molecule has 0 fully saturated rings. The summed E-state index contributed by atoms with van der Waals surface area (Å²) in [7, 11) is 0. The minimum Gasteiger partial charge on any atom is -0.219 e. The fraction of sp³-hybridized carbons (Fsp3) is 0.211. The molecular weight excluding hydrogens is 316 g/mol. The molecule has 0 aliphatic carbocycles. The van der Waals surface area contributed by atoms with Gasteiger partial charge in [-0.05, 0) is 32.4 Å². The van der Waals surface area contributed by atoms with E-state index in [0.29, 0.717) is 0 Å². The highest BCUT2D eigenvalue weighted by molar-refractivity contribution is 7.18. The molecule has 0 bridgehead atoms. The van der Waals surface area contributed by atoms with Crippen LogP contribution in [0.25, 0.3) is 27.4 Å². The molecule has 0 saturated carbocycles. The van der Waals surface area contributed by atoms with E-state index in [1.54, 1.807) is 11.3 Å². The first-order valence-electron chi connectivity index (χ1n) is 8.05. The van der Waals surface area contributed by atoms with E-state index in [1.165, 1.54) is 4.88 Å². The van der Waals surface area contributed by atoms with Gasteiger partial charge in [-0.3, -0.25) is 0 Å². The molecule has 3 heterocycles. The van der Waals surface area contributed by atoms with Gasteiger partial charge in [0.25, 0.3) is 0 Å². The summed E-state index contributed by atoms with van der Waals surface area (Å²) in [6.07, 6.45) is 0.998. The van der Waals surface area contributed by atoms with Crippen molar-refractivity contribution < 1.29 is 0 Å². The standard InChI is InChI=1S/C19H18N4S/c1-4-15-11-16-18(23-13(3)10-12(2)22-23)20-17(21-19(16)24-15)14-8-6-5-7-9-14/h5-11H,4H2,1-3H3. The molecule has 4 aromatic rings. The van der Waals surface area contributed by atoms with Crippen LogP contribution < -0.4 is 0 Å². The lowest BCUT2D eigenvalue weighted by molar-refractivity contribution is 0.812. The Kier molecular flexibility index (Phi) is 3.65. The zero-order valence-corrected chi connectivity index (χ0v) is 14.8. The first-order chi connectivity index (χ1) is 11.7. The third kappa shape index (κ3) is 2.51. The van der Waals surface area contributed by atoms with E-state index >= 15 is 0 Å². The molecule has 0 radical (unpaired) electrons. The highest BCUT2D eigenvalue weighted by Crippen LogP contribution is 2.31. The summed E-state index contributed by atoms with van der Waals surface area (Å²) in [4.78, 5) is 12.0. The van der Waals surface area contributed by atoms with Crippen molar-refractivity contribution in [3.63, 3.8) is 0 Å². The van der Waals surface area contributed by atoms with Crippen LogP contribution in [-0.4, -0.2) is 19.7 Å². The van der Waals surface area contributed by atoms with Gasteiger partial charge < -0.3 is 0 Å². The molecule has 1 aromatic carbocycles. The molecule has 0 saturated heterocycles. The van der Waals surface area contributed by atoms with E-state index in [2.05, 4.69) is 31.1 Å². The van der Waals surface area contributed by atoms with Gasteiger partial charge in [0.05, 0.1) is 11.1 Å². The van der Waals surface area contributed by atoms with Crippen molar-refractivity contribution in [1.82, 2.24) is 19.7 Å². The Morgan fingerprint density at radius 1 is 1.04 bits per heavy atom. The highest BCUT2D eigenvalue weighted by atomic mass is 32.1. The molecule has 0 spiro atoms. The molecular formula is C19H18N4S. The summed E-state index contributed by atoms with van der Waals surface area (Å²) in [5, 5.41) is 5.70. The van der Waals surface area contributed by atoms with Crippen LogP contribution >= 0.6 is 11.3 Å². The molecule has 0 aliphatic heterocycles. The van der Waals surface area contributed by atoms with Crippen LogP contribution in [-0.2, 0) is 6.42 Å². The summed E-state index contributed by atoms with van der Waals surface area (Å²) in [5.74, 6) is 1.61. The number of thiophene rings is 1. The van der Waals surface area contributed by atoms with E-state index in [-0.39, 0.29) is 0 Å². The van der Waals surface area contributed by atoms with Crippen molar-refractivity contribution in [1.29, 1.82) is 0 Å². The predicted octanol–water partition coefficient (Wildman–Crippen LogP) is 4.72. The molecule has 3 aromatic heterocycles. The van der Waals surface area contributed by atoms with E-state index < -0.39 is 0 Å². The van der Waals surface area contributed by atoms with Crippen molar-refractivity contribution >= 4 is 21.6 Å². The van der Waals surface area contributed by atoms with Gasteiger partial charge in [0.2, 0.25) is 0 Å². The van der Waals surface area contributed by atoms with E-state index in [4.69, 9.17) is 9.97 Å². The minimum atomic E-state index is 0.746. The summed E-state index contributed by atoms with van der Waals surface area (Å²) >= 11 is 1.74. The van der Waals surface area contributed by atoms with Gasteiger partial charge in [-0.25, -0.2) is 14.6 Å². The van der Waals surface area contributed by atoms with Crippen molar-refractivity contribution in [2.24, 2.45) is 0 Å². The lowest BCUT2D eigenvalue weighted by Crippen LogP contribution is -2.04. The Bertz CT molecular complexity index is 1010. The van der Waals surface area contributed by atoms with Crippen LogP contribution in [0.5, 0.6) is 0 Å². The Morgan fingerprint density at radius 3 is 2.50 bits per heavy atom. The van der Waals surface area contributed by atoms with Crippen LogP contribution in [0.3, 0.4) is 0 Å². The monoisotopic (exact) mass is 334 g/mol. The molecule has 120 valence electrons. The molecule has 24 heavy (non-hydrogen) atoms. The quantitative estimate of drug-likeness (QED) is 0.544. The maximum absolute atomic E-state index is 4.86. The molecule has 0 N–H and O–H groups in total. The normalized spacial score (nSPS) is 11.3. The number of aromatic nitrogens is 4. The van der Waals surface area contributed by atoms with Crippen molar-refractivity contribution in [2.75, 3.05) is 0 Å². The second-order valence-corrected chi connectivity index (χ2v) is 6.98. The Morgan fingerprint density at radius 2 is 1.83 bits per heavy atom. The van der Waals surface area contributed by atoms with Crippen molar-refractivity contribution in [3.05, 3.63) is 58.7 Å². The molecule has 4 rings (SSSR count). The maximum atomic E-state index is 4.86. The van der Waals surface area contributed by atoms with Gasteiger partial charge in [-0.15, -0.1) is 11.3 Å². The Balaban J connectivity index is 2.02.